The van der Waals surface area contributed by atoms with Gasteiger partial charge in [0.2, 0.25) is 0 Å². The number of amides is 3. The van der Waals surface area contributed by atoms with Gasteiger partial charge in [0.1, 0.15) is 11.6 Å². The van der Waals surface area contributed by atoms with Crippen LogP contribution in [0.25, 0.3) is 0 Å². The molecule has 1 aliphatic carbocycles. The second-order valence-corrected chi connectivity index (χ2v) is 7.29. The van der Waals surface area contributed by atoms with Gasteiger partial charge >= 0.3 is 11.8 Å². The molecule has 3 amide bonds. The monoisotopic (exact) mass is 451 g/mol. The highest BCUT2D eigenvalue weighted by Crippen LogP contribution is 2.26. The maximum Gasteiger partial charge on any atom is 0.313 e. The molecule has 0 spiro atoms. The number of benzene rings is 2. The number of hydrogen-bond acceptors (Lipinski definition) is 3. The minimum atomic E-state index is -1.02. The second kappa shape index (κ2) is 8.05. The highest BCUT2D eigenvalue weighted by molar-refractivity contribution is 9.10. The molecule has 3 N–H and O–H groups in total. The minimum absolute atomic E-state index is 0.0199. The van der Waals surface area contributed by atoms with E-state index in [2.05, 4.69) is 31.9 Å². The van der Waals surface area contributed by atoms with Gasteiger partial charge in [-0.2, -0.15) is 0 Å². The predicted octanol–water partition coefficient (Wildman–Crippen LogP) is 3.51. The van der Waals surface area contributed by atoms with Gasteiger partial charge < -0.3 is 16.0 Å². The molecule has 0 aromatic heterocycles. The van der Waals surface area contributed by atoms with Crippen molar-refractivity contribution in [3.63, 3.8) is 0 Å². The number of hydrogen-bond donors (Lipinski definition) is 3. The summed E-state index contributed by atoms with van der Waals surface area (Å²) in [5.74, 6) is -3.70. The number of rotatable bonds is 4. The smallest absolute Gasteiger partial charge is 0.313 e. The molecule has 0 unspecified atom stereocenters. The van der Waals surface area contributed by atoms with Crippen molar-refractivity contribution in [3.05, 3.63) is 57.6 Å². The number of carbonyl (C=O) groups is 3. The largest absolute Gasteiger partial charge is 0.345 e. The molecule has 0 aliphatic heterocycles. The van der Waals surface area contributed by atoms with Crippen molar-refractivity contribution in [1.29, 1.82) is 0 Å². The Balaban J connectivity index is 1.77. The van der Waals surface area contributed by atoms with Gasteiger partial charge in [0, 0.05) is 16.2 Å². The topological polar surface area (TPSA) is 87.3 Å². The number of nitrogens with one attached hydrogen (secondary N) is 3. The third-order valence-electron chi connectivity index (χ3n) is 4.08. The lowest BCUT2D eigenvalue weighted by atomic mass is 10.1. The van der Waals surface area contributed by atoms with E-state index in [-0.39, 0.29) is 21.8 Å². The Morgan fingerprint density at radius 1 is 1.00 bits per heavy atom. The van der Waals surface area contributed by atoms with E-state index in [4.69, 9.17) is 0 Å². The highest BCUT2D eigenvalue weighted by Gasteiger charge is 2.27. The average Bonchev–Trinajstić information content (AvgIpc) is 3.44. The van der Waals surface area contributed by atoms with Gasteiger partial charge in [0.25, 0.3) is 5.91 Å². The molecule has 2 aromatic rings. The summed E-state index contributed by atoms with van der Waals surface area (Å²) >= 11 is 3.10. The maximum atomic E-state index is 14.2. The second-order valence-electron chi connectivity index (χ2n) is 6.43. The summed E-state index contributed by atoms with van der Waals surface area (Å²) in [6.45, 7) is 1.55. The first-order chi connectivity index (χ1) is 13.2. The molecular weight excluding hydrogens is 436 g/mol. The highest BCUT2D eigenvalue weighted by atomic mass is 79.9. The number of halogens is 3. The molecule has 1 saturated carbocycles. The molecule has 1 aliphatic rings. The summed E-state index contributed by atoms with van der Waals surface area (Å²) in [5.41, 5.74) is 0.431. The molecule has 28 heavy (non-hydrogen) atoms. The van der Waals surface area contributed by atoms with Gasteiger partial charge in [-0.25, -0.2) is 8.78 Å². The lowest BCUT2D eigenvalue weighted by molar-refractivity contribution is -0.136. The van der Waals surface area contributed by atoms with Crippen molar-refractivity contribution in [2.24, 2.45) is 0 Å². The lowest BCUT2D eigenvalue weighted by Gasteiger charge is -2.12. The van der Waals surface area contributed by atoms with Crippen molar-refractivity contribution in [2.75, 3.05) is 10.6 Å². The normalized spacial score (nSPS) is 13.0. The Morgan fingerprint density at radius 2 is 1.71 bits per heavy atom. The summed E-state index contributed by atoms with van der Waals surface area (Å²) < 4.78 is 27.7. The molecule has 146 valence electrons. The van der Waals surface area contributed by atoms with Crippen molar-refractivity contribution in [2.45, 2.75) is 25.8 Å². The molecule has 0 bridgehead atoms. The lowest BCUT2D eigenvalue weighted by Crippen LogP contribution is -2.36. The van der Waals surface area contributed by atoms with Gasteiger partial charge in [0.05, 0.1) is 11.3 Å². The van der Waals surface area contributed by atoms with Crippen LogP contribution in [0.5, 0.6) is 0 Å². The SMILES string of the molecule is Cc1cc(NC(=O)c2cc(NC(=O)C(=O)NC3CC3)c(F)cc2Br)ccc1F. The van der Waals surface area contributed by atoms with Gasteiger partial charge in [-0.1, -0.05) is 0 Å². The van der Waals surface area contributed by atoms with Crippen LogP contribution in [0.4, 0.5) is 20.2 Å². The molecule has 9 heteroatoms. The first-order valence-corrected chi connectivity index (χ1v) is 9.22. The number of carbonyl (C=O) groups excluding carboxylic acids is 3. The van der Waals surface area contributed by atoms with Crippen LogP contribution >= 0.6 is 15.9 Å². The van der Waals surface area contributed by atoms with Crippen LogP contribution in [0.1, 0.15) is 28.8 Å². The number of aryl methyl sites for hydroxylation is 1. The fourth-order valence-electron chi connectivity index (χ4n) is 2.40. The van der Waals surface area contributed by atoms with E-state index in [1.165, 1.54) is 18.2 Å². The third kappa shape index (κ3) is 4.72. The van der Waals surface area contributed by atoms with E-state index in [9.17, 15) is 23.2 Å². The summed E-state index contributed by atoms with van der Waals surface area (Å²) in [4.78, 5) is 36.2. The Kier molecular flexibility index (Phi) is 5.73. The van der Waals surface area contributed by atoms with E-state index in [1.807, 2.05) is 0 Å². The van der Waals surface area contributed by atoms with E-state index in [1.54, 1.807) is 6.92 Å². The quantitative estimate of drug-likeness (QED) is 0.621. The fourth-order valence-corrected chi connectivity index (χ4v) is 2.89. The molecule has 0 atom stereocenters. The van der Waals surface area contributed by atoms with Crippen molar-refractivity contribution in [3.8, 4) is 0 Å². The van der Waals surface area contributed by atoms with Gasteiger partial charge in [-0.3, -0.25) is 14.4 Å². The first-order valence-electron chi connectivity index (χ1n) is 8.43. The molecule has 0 saturated heterocycles. The average molecular weight is 452 g/mol. The molecule has 3 rings (SSSR count). The number of anilines is 2. The van der Waals surface area contributed by atoms with Crippen LogP contribution in [0.3, 0.4) is 0 Å². The molecule has 1 fully saturated rings. The van der Waals surface area contributed by atoms with Crippen molar-refractivity contribution >= 4 is 45.0 Å². The van der Waals surface area contributed by atoms with Gasteiger partial charge in [-0.05, 0) is 71.6 Å². The zero-order valence-corrected chi connectivity index (χ0v) is 16.3. The zero-order valence-electron chi connectivity index (χ0n) is 14.7. The Hall–Kier alpha value is -2.81. The molecule has 0 radical (unpaired) electrons. The van der Waals surface area contributed by atoms with Gasteiger partial charge in [0.15, 0.2) is 0 Å². The van der Waals surface area contributed by atoms with Crippen LogP contribution in [0.15, 0.2) is 34.8 Å². The van der Waals surface area contributed by atoms with E-state index < -0.39 is 29.4 Å². The fraction of sp³-hybridized carbons (Fsp3) is 0.211. The van der Waals surface area contributed by atoms with E-state index >= 15 is 0 Å². The van der Waals surface area contributed by atoms with Crippen LogP contribution in [0, 0.1) is 18.6 Å². The van der Waals surface area contributed by atoms with E-state index in [0.717, 1.165) is 25.0 Å². The summed E-state index contributed by atoms with van der Waals surface area (Å²) in [5, 5.41) is 7.24. The summed E-state index contributed by atoms with van der Waals surface area (Å²) in [6, 6.07) is 6.17. The van der Waals surface area contributed by atoms with Crippen LogP contribution < -0.4 is 16.0 Å². The summed E-state index contributed by atoms with van der Waals surface area (Å²) in [7, 11) is 0. The van der Waals surface area contributed by atoms with Crippen molar-refractivity contribution < 1.29 is 23.2 Å². The molecule has 2 aromatic carbocycles. The van der Waals surface area contributed by atoms with Crippen molar-refractivity contribution in [1.82, 2.24) is 5.32 Å². The predicted molar refractivity (Wildman–Crippen MR) is 103 cm³/mol. The van der Waals surface area contributed by atoms with Crippen LogP contribution in [-0.4, -0.2) is 23.8 Å². The van der Waals surface area contributed by atoms with Gasteiger partial charge in [-0.15, -0.1) is 0 Å². The van der Waals surface area contributed by atoms with E-state index in [0.29, 0.717) is 11.3 Å². The molecule has 6 nitrogen and oxygen atoms in total. The van der Waals surface area contributed by atoms with Crippen LogP contribution in [0.2, 0.25) is 0 Å². The maximum absolute atomic E-state index is 14.2. The molecule has 0 heterocycles. The standard InChI is InChI=1S/C19H16BrF2N3O3/c1-9-6-11(4-5-14(9)21)24-17(26)12-7-16(15(22)8-13(12)20)25-19(28)18(27)23-10-2-3-10/h4-8,10H,2-3H2,1H3,(H,23,27)(H,24,26)(H,25,28). The van der Waals surface area contributed by atoms with Crippen LogP contribution in [-0.2, 0) is 9.59 Å². The Labute approximate surface area is 167 Å². The minimum Gasteiger partial charge on any atom is -0.345 e. The zero-order chi connectivity index (χ0) is 20.4. The molecular formula is C19H16BrF2N3O3. The first kappa shape index (κ1) is 19.9. The summed E-state index contributed by atoms with van der Waals surface area (Å²) in [6.07, 6.45) is 1.61. The Morgan fingerprint density at radius 3 is 2.36 bits per heavy atom. The Bertz CT molecular complexity index is 977. The third-order valence-corrected chi connectivity index (χ3v) is 4.74.